The Balaban J connectivity index is 1.61. The van der Waals surface area contributed by atoms with Crippen LogP contribution in [0.25, 0.3) is 17.4 Å². The number of carbonyl (C=O) groups excluding carboxylic acids is 1. The minimum Gasteiger partial charge on any atom is -0.481 e. The summed E-state index contributed by atoms with van der Waals surface area (Å²) in [6, 6.07) is 7.38. The number of hydrogen-bond donors (Lipinski definition) is 1. The number of amides is 1. The van der Waals surface area contributed by atoms with Crippen molar-refractivity contribution in [3.8, 4) is 11.3 Å². The van der Waals surface area contributed by atoms with Gasteiger partial charge in [-0.3, -0.25) is 19.5 Å². The number of unbranched alkanes of at least 4 members (excludes halogenated alkanes) is 2. The first-order chi connectivity index (χ1) is 13.0. The normalized spacial score (nSPS) is 15.7. The molecule has 3 heterocycles. The maximum atomic E-state index is 12.6. The molecule has 1 aliphatic rings. The van der Waals surface area contributed by atoms with Crippen molar-refractivity contribution in [3.05, 3.63) is 47.3 Å². The summed E-state index contributed by atoms with van der Waals surface area (Å²) in [6.45, 7) is 0.501. The lowest BCUT2D eigenvalue weighted by atomic mass is 10.2. The minimum atomic E-state index is -0.798. The third kappa shape index (κ3) is 5.05. The summed E-state index contributed by atoms with van der Waals surface area (Å²) in [7, 11) is 0. The summed E-state index contributed by atoms with van der Waals surface area (Å²) in [5.74, 6) is 0.328. The van der Waals surface area contributed by atoms with Crippen LogP contribution in [0.4, 0.5) is 0 Å². The third-order valence-corrected chi connectivity index (χ3v) is 5.37. The number of carboxylic acids is 1. The minimum absolute atomic E-state index is 0.137. The molecule has 140 valence electrons. The zero-order chi connectivity index (χ0) is 19.2. The molecule has 0 unspecified atom stereocenters. The molecule has 3 rings (SSSR count). The van der Waals surface area contributed by atoms with E-state index >= 15 is 0 Å². The van der Waals surface area contributed by atoms with E-state index in [9.17, 15) is 9.59 Å². The molecule has 1 N–H and O–H groups in total. The van der Waals surface area contributed by atoms with Crippen LogP contribution in [0.2, 0.25) is 0 Å². The van der Waals surface area contributed by atoms with E-state index in [1.807, 2.05) is 18.2 Å². The fourth-order valence-electron chi connectivity index (χ4n) is 2.64. The van der Waals surface area contributed by atoms with E-state index < -0.39 is 5.97 Å². The highest BCUT2D eigenvalue weighted by Crippen LogP contribution is 2.33. The summed E-state index contributed by atoms with van der Waals surface area (Å²) < 4.78 is 6.30. The molecule has 0 spiro atoms. The zero-order valence-electron chi connectivity index (χ0n) is 14.5. The fourth-order valence-corrected chi connectivity index (χ4v) is 3.93. The van der Waals surface area contributed by atoms with E-state index in [4.69, 9.17) is 21.7 Å². The van der Waals surface area contributed by atoms with Crippen molar-refractivity contribution in [2.24, 2.45) is 0 Å². The van der Waals surface area contributed by atoms with E-state index in [0.717, 1.165) is 18.4 Å². The van der Waals surface area contributed by atoms with Crippen molar-refractivity contribution in [2.45, 2.75) is 25.7 Å². The van der Waals surface area contributed by atoms with Gasteiger partial charge in [-0.2, -0.15) is 0 Å². The van der Waals surface area contributed by atoms with Crippen molar-refractivity contribution in [1.29, 1.82) is 0 Å². The standard InChI is InChI=1S/C19H18N2O4S2/c22-17(23)6-2-1-3-10-21-18(24)16(27-19(21)26)11-14-7-8-15(25-14)13-5-4-9-20-12-13/h4-5,7-9,11-12H,1-3,6,10H2,(H,22,23)/b16-11+. The first-order valence-electron chi connectivity index (χ1n) is 8.52. The highest BCUT2D eigenvalue weighted by atomic mass is 32.2. The smallest absolute Gasteiger partial charge is 0.303 e. The van der Waals surface area contributed by atoms with Gasteiger partial charge in [0.15, 0.2) is 0 Å². The molecule has 8 heteroatoms. The van der Waals surface area contributed by atoms with E-state index in [2.05, 4.69) is 4.98 Å². The van der Waals surface area contributed by atoms with Crippen LogP contribution in [0.5, 0.6) is 0 Å². The Morgan fingerprint density at radius 2 is 2.15 bits per heavy atom. The molecule has 0 saturated carbocycles. The van der Waals surface area contributed by atoms with Crippen LogP contribution >= 0.6 is 24.0 Å². The SMILES string of the molecule is O=C(O)CCCCCN1C(=O)/C(=C\c2ccc(-c3cccnc3)o2)SC1=S. The number of rotatable bonds is 8. The fraction of sp³-hybridized carbons (Fsp3) is 0.263. The monoisotopic (exact) mass is 402 g/mol. The van der Waals surface area contributed by atoms with Gasteiger partial charge >= 0.3 is 5.97 Å². The number of nitrogens with zero attached hydrogens (tertiary/aromatic N) is 2. The number of hydrogen-bond acceptors (Lipinski definition) is 6. The number of pyridine rings is 1. The topological polar surface area (TPSA) is 83.6 Å². The molecule has 1 amide bonds. The predicted octanol–water partition coefficient (Wildman–Crippen LogP) is 4.19. The number of thioether (sulfide) groups is 1. The van der Waals surface area contributed by atoms with Gasteiger partial charge in [-0.05, 0) is 37.1 Å². The number of aliphatic carboxylic acids is 1. The number of carbonyl (C=O) groups is 2. The van der Waals surface area contributed by atoms with Crippen molar-refractivity contribution < 1.29 is 19.1 Å². The lowest BCUT2D eigenvalue weighted by Gasteiger charge is -2.13. The number of carboxylic acid groups (broad SMARTS) is 1. The second-order valence-electron chi connectivity index (χ2n) is 5.98. The van der Waals surface area contributed by atoms with E-state index in [1.165, 1.54) is 11.8 Å². The van der Waals surface area contributed by atoms with Crippen LogP contribution in [0.15, 0.2) is 46.0 Å². The number of furan rings is 1. The Labute approximate surface area is 166 Å². The maximum absolute atomic E-state index is 12.6. The van der Waals surface area contributed by atoms with Crippen molar-refractivity contribution in [1.82, 2.24) is 9.88 Å². The van der Waals surface area contributed by atoms with Gasteiger partial charge in [0.2, 0.25) is 0 Å². The Hall–Kier alpha value is -2.45. The molecule has 0 aromatic carbocycles. The summed E-state index contributed by atoms with van der Waals surface area (Å²) in [4.78, 5) is 29.3. The molecule has 2 aromatic heterocycles. The van der Waals surface area contributed by atoms with Gasteiger partial charge < -0.3 is 9.52 Å². The zero-order valence-corrected chi connectivity index (χ0v) is 16.1. The molecule has 0 bridgehead atoms. The van der Waals surface area contributed by atoms with Gasteiger partial charge in [-0.15, -0.1) is 0 Å². The quantitative estimate of drug-likeness (QED) is 0.403. The predicted molar refractivity (Wildman–Crippen MR) is 108 cm³/mol. The highest BCUT2D eigenvalue weighted by Gasteiger charge is 2.31. The van der Waals surface area contributed by atoms with E-state index in [1.54, 1.807) is 29.4 Å². The van der Waals surface area contributed by atoms with Crippen LogP contribution in [0.3, 0.4) is 0 Å². The summed E-state index contributed by atoms with van der Waals surface area (Å²) >= 11 is 6.56. The van der Waals surface area contributed by atoms with Crippen LogP contribution in [0, 0.1) is 0 Å². The molecular weight excluding hydrogens is 384 g/mol. The summed E-state index contributed by atoms with van der Waals surface area (Å²) in [5.41, 5.74) is 0.867. The molecule has 6 nitrogen and oxygen atoms in total. The highest BCUT2D eigenvalue weighted by molar-refractivity contribution is 8.26. The van der Waals surface area contributed by atoms with Gasteiger partial charge in [-0.25, -0.2) is 0 Å². The van der Waals surface area contributed by atoms with Crippen LogP contribution in [-0.2, 0) is 9.59 Å². The van der Waals surface area contributed by atoms with Crippen LogP contribution < -0.4 is 0 Å². The molecule has 2 aromatic rings. The first kappa shape index (κ1) is 19.3. The maximum Gasteiger partial charge on any atom is 0.303 e. The van der Waals surface area contributed by atoms with Gasteiger partial charge in [0.1, 0.15) is 15.8 Å². The van der Waals surface area contributed by atoms with E-state index in [-0.39, 0.29) is 12.3 Å². The molecule has 0 radical (unpaired) electrons. The lowest BCUT2D eigenvalue weighted by Crippen LogP contribution is -2.29. The van der Waals surface area contributed by atoms with Crippen molar-refractivity contribution in [3.63, 3.8) is 0 Å². The van der Waals surface area contributed by atoms with Crippen molar-refractivity contribution in [2.75, 3.05) is 6.54 Å². The first-order valence-corrected chi connectivity index (χ1v) is 9.74. The lowest BCUT2D eigenvalue weighted by molar-refractivity contribution is -0.137. The Morgan fingerprint density at radius 1 is 1.30 bits per heavy atom. The Kier molecular flexibility index (Phi) is 6.41. The van der Waals surface area contributed by atoms with Crippen LogP contribution in [-0.4, -0.2) is 37.7 Å². The van der Waals surface area contributed by atoms with Gasteiger partial charge in [-0.1, -0.05) is 30.4 Å². The molecular formula is C19H18N2O4S2. The number of thiocarbonyl (C=S) groups is 1. The second kappa shape index (κ2) is 8.96. The molecule has 1 fully saturated rings. The van der Waals surface area contributed by atoms with Gasteiger partial charge in [0.25, 0.3) is 5.91 Å². The average Bonchev–Trinajstić information content (AvgIpc) is 3.22. The largest absolute Gasteiger partial charge is 0.481 e. The van der Waals surface area contributed by atoms with Crippen LogP contribution in [0.1, 0.15) is 31.4 Å². The summed E-state index contributed by atoms with van der Waals surface area (Å²) in [6.07, 6.45) is 7.32. The second-order valence-corrected chi connectivity index (χ2v) is 7.66. The molecule has 0 aliphatic carbocycles. The molecule has 27 heavy (non-hydrogen) atoms. The van der Waals surface area contributed by atoms with E-state index in [0.29, 0.717) is 33.7 Å². The van der Waals surface area contributed by atoms with Gasteiger partial charge in [0.05, 0.1) is 4.91 Å². The molecule has 1 saturated heterocycles. The molecule has 0 atom stereocenters. The Morgan fingerprint density at radius 3 is 2.89 bits per heavy atom. The third-order valence-electron chi connectivity index (χ3n) is 3.99. The van der Waals surface area contributed by atoms with Gasteiger partial charge in [0, 0.05) is 37.0 Å². The summed E-state index contributed by atoms with van der Waals surface area (Å²) in [5, 5.41) is 8.65. The Bertz CT molecular complexity index is 877. The number of aromatic nitrogens is 1. The molecule has 1 aliphatic heterocycles. The van der Waals surface area contributed by atoms with Crippen molar-refractivity contribution >= 4 is 46.3 Å². The average molecular weight is 402 g/mol.